The molecule has 0 unspecified atom stereocenters. The smallest absolute Gasteiger partial charge is 0.410 e. The molecule has 2 amide bonds. The highest BCUT2D eigenvalue weighted by Crippen LogP contribution is 2.19. The minimum Gasteiger partial charge on any atom is -0.444 e. The number of nitrogens with one attached hydrogen (secondary N) is 1. The Kier molecular flexibility index (Phi) is 13.4. The van der Waals surface area contributed by atoms with Crippen molar-refractivity contribution < 1.29 is 19.1 Å². The molecule has 2 heterocycles. The molecule has 33 heavy (non-hydrogen) atoms. The van der Waals surface area contributed by atoms with E-state index in [1.807, 2.05) is 51.3 Å². The lowest BCUT2D eigenvalue weighted by Gasteiger charge is -2.38. The lowest BCUT2D eigenvalue weighted by Crippen LogP contribution is -2.49. The molecule has 2 rings (SSSR count). The molecule has 2 saturated heterocycles. The molecule has 2 aliphatic heterocycles. The molecule has 196 valence electrons. The number of likely N-dealkylation sites (N-methyl/N-ethyl adjacent to an activating group) is 1. The van der Waals surface area contributed by atoms with Crippen LogP contribution in [0.4, 0.5) is 9.59 Å². The Bertz CT molecular complexity index is 594. The molecule has 0 aliphatic carbocycles. The highest BCUT2D eigenvalue weighted by Gasteiger charge is 2.29. The molecule has 0 bridgehead atoms. The van der Waals surface area contributed by atoms with Gasteiger partial charge in [0.05, 0.1) is 0 Å². The summed E-state index contributed by atoms with van der Waals surface area (Å²) in [6.07, 6.45) is 3.46. The van der Waals surface area contributed by atoms with Gasteiger partial charge in [-0.15, -0.1) is 24.8 Å². The van der Waals surface area contributed by atoms with Gasteiger partial charge in [-0.1, -0.05) is 0 Å². The van der Waals surface area contributed by atoms with Gasteiger partial charge in [-0.2, -0.15) is 0 Å². The summed E-state index contributed by atoms with van der Waals surface area (Å²) in [7, 11) is 2.17. The first-order valence-corrected chi connectivity index (χ1v) is 11.7. The monoisotopic (exact) mass is 512 g/mol. The molecule has 2 fully saturated rings. The average molecular weight is 514 g/mol. The summed E-state index contributed by atoms with van der Waals surface area (Å²) in [5, 5.41) is 3.65. The standard InChI is InChI=1S/C23H44N4O4.2ClH/c1-22(2,3)30-20(28)26-13-8-18(9-14-26)24-12-17-25(7)19-10-15-27(16-11-19)21(29)31-23(4,5)6;;/h18-19,24H,8-17H2,1-7H3;2*1H. The third-order valence-electron chi connectivity index (χ3n) is 5.78. The van der Waals surface area contributed by atoms with Crippen LogP contribution in [0, 0.1) is 0 Å². The summed E-state index contributed by atoms with van der Waals surface area (Å²) < 4.78 is 10.9. The van der Waals surface area contributed by atoms with Gasteiger partial charge in [0.1, 0.15) is 11.2 Å². The van der Waals surface area contributed by atoms with E-state index in [1.54, 1.807) is 0 Å². The van der Waals surface area contributed by atoms with Gasteiger partial charge >= 0.3 is 12.2 Å². The summed E-state index contributed by atoms with van der Waals surface area (Å²) in [6, 6.07) is 0.940. The largest absolute Gasteiger partial charge is 0.444 e. The Hall–Kier alpha value is -0.960. The zero-order valence-corrected chi connectivity index (χ0v) is 23.1. The predicted molar refractivity (Wildman–Crippen MR) is 137 cm³/mol. The summed E-state index contributed by atoms with van der Waals surface area (Å²) in [4.78, 5) is 30.4. The van der Waals surface area contributed by atoms with Gasteiger partial charge in [-0.3, -0.25) is 0 Å². The van der Waals surface area contributed by atoms with Crippen LogP contribution in [-0.4, -0.2) is 96.5 Å². The number of piperidine rings is 2. The van der Waals surface area contributed by atoms with E-state index in [4.69, 9.17) is 9.47 Å². The van der Waals surface area contributed by atoms with Crippen molar-refractivity contribution in [2.45, 2.75) is 90.5 Å². The van der Waals surface area contributed by atoms with Crippen molar-refractivity contribution in [1.82, 2.24) is 20.0 Å². The van der Waals surface area contributed by atoms with Crippen molar-refractivity contribution in [3.63, 3.8) is 0 Å². The zero-order chi connectivity index (χ0) is 23.2. The minimum atomic E-state index is -0.445. The topological polar surface area (TPSA) is 74.4 Å². The van der Waals surface area contributed by atoms with Crippen LogP contribution in [0.15, 0.2) is 0 Å². The van der Waals surface area contributed by atoms with Gasteiger partial charge in [0.2, 0.25) is 0 Å². The summed E-state index contributed by atoms with van der Waals surface area (Å²) in [5.41, 5.74) is -0.890. The number of nitrogens with zero attached hydrogens (tertiary/aromatic N) is 3. The third kappa shape index (κ3) is 11.8. The van der Waals surface area contributed by atoms with Crippen LogP contribution < -0.4 is 5.32 Å². The van der Waals surface area contributed by atoms with Crippen LogP contribution in [0.3, 0.4) is 0 Å². The Morgan fingerprint density at radius 3 is 1.61 bits per heavy atom. The fourth-order valence-electron chi connectivity index (χ4n) is 4.04. The Morgan fingerprint density at radius 2 is 1.21 bits per heavy atom. The van der Waals surface area contributed by atoms with Crippen LogP contribution in [0.5, 0.6) is 0 Å². The number of ether oxygens (including phenoxy) is 2. The molecule has 8 nitrogen and oxygen atoms in total. The fourth-order valence-corrected chi connectivity index (χ4v) is 4.04. The second-order valence-corrected chi connectivity index (χ2v) is 10.9. The van der Waals surface area contributed by atoms with Gasteiger partial charge in [0, 0.05) is 51.4 Å². The van der Waals surface area contributed by atoms with Gasteiger partial charge in [0.25, 0.3) is 0 Å². The van der Waals surface area contributed by atoms with Crippen molar-refractivity contribution in [2.75, 3.05) is 46.3 Å². The number of carbonyl (C=O) groups is 2. The quantitative estimate of drug-likeness (QED) is 0.596. The molecule has 2 aliphatic rings. The SMILES string of the molecule is CN(CCNC1CCN(C(=O)OC(C)(C)C)CC1)C1CCN(C(=O)OC(C)(C)C)CC1.Cl.Cl. The number of hydrogen-bond acceptors (Lipinski definition) is 6. The van der Waals surface area contributed by atoms with Crippen LogP contribution in [0.2, 0.25) is 0 Å². The molecule has 0 saturated carbocycles. The summed E-state index contributed by atoms with van der Waals surface area (Å²) >= 11 is 0. The average Bonchev–Trinajstić information content (AvgIpc) is 2.66. The number of carbonyl (C=O) groups excluding carboxylic acids is 2. The summed E-state index contributed by atoms with van der Waals surface area (Å²) in [5.74, 6) is 0. The maximum Gasteiger partial charge on any atom is 0.410 e. The summed E-state index contributed by atoms with van der Waals surface area (Å²) in [6.45, 7) is 16.3. The lowest BCUT2D eigenvalue weighted by molar-refractivity contribution is 0.0149. The van der Waals surface area contributed by atoms with Gasteiger partial charge in [-0.05, 0) is 74.3 Å². The van der Waals surface area contributed by atoms with E-state index < -0.39 is 11.2 Å². The van der Waals surface area contributed by atoms with Crippen molar-refractivity contribution >= 4 is 37.0 Å². The number of likely N-dealkylation sites (tertiary alicyclic amines) is 2. The highest BCUT2D eigenvalue weighted by molar-refractivity contribution is 5.85. The fraction of sp³-hybridized carbons (Fsp3) is 0.913. The number of hydrogen-bond donors (Lipinski definition) is 1. The van der Waals surface area contributed by atoms with Crippen molar-refractivity contribution in [2.24, 2.45) is 0 Å². The zero-order valence-electron chi connectivity index (χ0n) is 21.5. The van der Waals surface area contributed by atoms with E-state index in [1.165, 1.54) is 0 Å². The molecule has 10 heteroatoms. The number of rotatable bonds is 5. The molecule has 0 aromatic carbocycles. The molecule has 0 aromatic rings. The van der Waals surface area contributed by atoms with Crippen LogP contribution in [0.1, 0.15) is 67.2 Å². The molecule has 0 spiro atoms. The van der Waals surface area contributed by atoms with E-state index in [0.717, 1.165) is 65.0 Å². The molecule has 0 radical (unpaired) electrons. The lowest BCUT2D eigenvalue weighted by atomic mass is 10.0. The highest BCUT2D eigenvalue weighted by atomic mass is 35.5. The van der Waals surface area contributed by atoms with Gasteiger partial charge in [0.15, 0.2) is 0 Å². The Balaban J connectivity index is 0.00000512. The number of amides is 2. The molecule has 0 aromatic heterocycles. The first-order chi connectivity index (χ1) is 14.3. The molecular formula is C23H46Cl2N4O4. The van der Waals surface area contributed by atoms with Crippen molar-refractivity contribution in [3.05, 3.63) is 0 Å². The van der Waals surface area contributed by atoms with E-state index in [9.17, 15) is 9.59 Å². The third-order valence-corrected chi connectivity index (χ3v) is 5.78. The van der Waals surface area contributed by atoms with Gasteiger partial charge < -0.3 is 29.5 Å². The first-order valence-electron chi connectivity index (χ1n) is 11.7. The van der Waals surface area contributed by atoms with Crippen LogP contribution in [0.25, 0.3) is 0 Å². The first kappa shape index (κ1) is 32.0. The molecule has 0 atom stereocenters. The van der Waals surface area contributed by atoms with Crippen molar-refractivity contribution in [1.29, 1.82) is 0 Å². The Morgan fingerprint density at radius 1 is 0.818 bits per heavy atom. The van der Waals surface area contributed by atoms with E-state index in [0.29, 0.717) is 12.1 Å². The van der Waals surface area contributed by atoms with Crippen LogP contribution in [-0.2, 0) is 9.47 Å². The maximum atomic E-state index is 12.2. The second kappa shape index (κ2) is 13.8. The Labute approximate surface area is 212 Å². The maximum absolute atomic E-state index is 12.2. The normalized spacial score (nSPS) is 18.4. The minimum absolute atomic E-state index is 0. The number of halogens is 2. The van der Waals surface area contributed by atoms with Crippen LogP contribution >= 0.6 is 24.8 Å². The second-order valence-electron chi connectivity index (χ2n) is 10.9. The van der Waals surface area contributed by atoms with E-state index in [2.05, 4.69) is 17.3 Å². The molecular weight excluding hydrogens is 467 g/mol. The van der Waals surface area contributed by atoms with Crippen molar-refractivity contribution in [3.8, 4) is 0 Å². The predicted octanol–water partition coefficient (Wildman–Crippen LogP) is 4.15. The van der Waals surface area contributed by atoms with E-state index in [-0.39, 0.29) is 37.0 Å². The molecule has 1 N–H and O–H groups in total. The van der Waals surface area contributed by atoms with E-state index >= 15 is 0 Å². The van der Waals surface area contributed by atoms with Gasteiger partial charge in [-0.25, -0.2) is 9.59 Å².